The molecule has 104 valence electrons. The second-order valence-electron chi connectivity index (χ2n) is 5.53. The van der Waals surface area contributed by atoms with E-state index in [-0.39, 0.29) is 5.56 Å². The van der Waals surface area contributed by atoms with Crippen LogP contribution in [0.15, 0.2) is 18.2 Å². The number of para-hydroxylation sites is 1. The lowest BCUT2D eigenvalue weighted by molar-refractivity contribution is 0.0698. The monoisotopic (exact) mass is 262 g/mol. The highest BCUT2D eigenvalue weighted by molar-refractivity contribution is 5.97. The van der Waals surface area contributed by atoms with E-state index in [0.29, 0.717) is 17.4 Å². The number of hydrogen-bond acceptors (Lipinski definition) is 3. The fourth-order valence-corrected chi connectivity index (χ4v) is 2.75. The molecule has 0 aliphatic heterocycles. The zero-order valence-corrected chi connectivity index (χ0v) is 11.4. The third kappa shape index (κ3) is 3.40. The average Bonchev–Trinajstić information content (AvgIpc) is 2.56. The van der Waals surface area contributed by atoms with E-state index in [1.807, 2.05) is 0 Å². The fourth-order valence-electron chi connectivity index (χ4n) is 2.75. The van der Waals surface area contributed by atoms with E-state index in [1.54, 1.807) is 18.2 Å². The number of benzene rings is 1. The van der Waals surface area contributed by atoms with Crippen molar-refractivity contribution in [3.63, 3.8) is 0 Å². The lowest BCUT2D eigenvalue weighted by Crippen LogP contribution is -2.21. The number of aromatic carboxylic acids is 1. The van der Waals surface area contributed by atoms with Crippen molar-refractivity contribution >= 4 is 17.3 Å². The van der Waals surface area contributed by atoms with E-state index in [0.717, 1.165) is 18.8 Å². The van der Waals surface area contributed by atoms with E-state index < -0.39 is 5.97 Å². The molecular weight excluding hydrogens is 240 g/mol. The van der Waals surface area contributed by atoms with Gasteiger partial charge in [-0.1, -0.05) is 25.8 Å². The standard InChI is InChI=1S/C15H22N2O2/c1-10-4-2-5-11(9-8-10)17-14-12(15(18)19)6-3-7-13(14)16/h3,6-7,10-11,17H,2,4-5,8-9,16H2,1H3,(H,18,19). The number of anilines is 2. The van der Waals surface area contributed by atoms with Gasteiger partial charge in [-0.25, -0.2) is 4.79 Å². The summed E-state index contributed by atoms with van der Waals surface area (Å²) in [6.07, 6.45) is 5.79. The summed E-state index contributed by atoms with van der Waals surface area (Å²) >= 11 is 0. The first-order valence-corrected chi connectivity index (χ1v) is 6.96. The van der Waals surface area contributed by atoms with Crippen LogP contribution in [0.2, 0.25) is 0 Å². The van der Waals surface area contributed by atoms with Crippen LogP contribution in [-0.4, -0.2) is 17.1 Å². The molecule has 0 saturated heterocycles. The highest BCUT2D eigenvalue weighted by Crippen LogP contribution is 2.29. The predicted octanol–water partition coefficient (Wildman–Crippen LogP) is 3.35. The molecule has 1 fully saturated rings. The van der Waals surface area contributed by atoms with Crippen molar-refractivity contribution in [1.82, 2.24) is 0 Å². The van der Waals surface area contributed by atoms with E-state index >= 15 is 0 Å². The summed E-state index contributed by atoms with van der Waals surface area (Å²) in [6.45, 7) is 2.28. The summed E-state index contributed by atoms with van der Waals surface area (Å²) in [4.78, 5) is 11.2. The summed E-state index contributed by atoms with van der Waals surface area (Å²) in [5, 5.41) is 12.6. The molecule has 2 unspecified atom stereocenters. The molecule has 0 heterocycles. The van der Waals surface area contributed by atoms with Gasteiger partial charge < -0.3 is 16.2 Å². The molecular formula is C15H22N2O2. The Morgan fingerprint density at radius 2 is 2.11 bits per heavy atom. The molecule has 1 aromatic rings. The van der Waals surface area contributed by atoms with Crippen molar-refractivity contribution in [3.8, 4) is 0 Å². The Morgan fingerprint density at radius 1 is 1.32 bits per heavy atom. The number of nitrogen functional groups attached to an aromatic ring is 1. The minimum atomic E-state index is -0.934. The minimum Gasteiger partial charge on any atom is -0.478 e. The molecule has 1 aliphatic carbocycles. The molecule has 0 bridgehead atoms. The largest absolute Gasteiger partial charge is 0.478 e. The number of nitrogens with one attached hydrogen (secondary N) is 1. The number of carboxylic acids is 1. The molecule has 19 heavy (non-hydrogen) atoms. The number of carboxylic acid groups (broad SMARTS) is 1. The summed E-state index contributed by atoms with van der Waals surface area (Å²) in [6, 6.07) is 5.35. The Bertz CT molecular complexity index is 459. The Hall–Kier alpha value is -1.71. The molecule has 0 amide bonds. The molecule has 4 N–H and O–H groups in total. The maximum absolute atomic E-state index is 11.2. The zero-order chi connectivity index (χ0) is 13.8. The van der Waals surface area contributed by atoms with Crippen molar-refractivity contribution in [1.29, 1.82) is 0 Å². The number of hydrogen-bond donors (Lipinski definition) is 3. The smallest absolute Gasteiger partial charge is 0.337 e. The van der Waals surface area contributed by atoms with Gasteiger partial charge in [-0.2, -0.15) is 0 Å². The van der Waals surface area contributed by atoms with Gasteiger partial charge in [0.25, 0.3) is 0 Å². The quantitative estimate of drug-likeness (QED) is 0.577. The van der Waals surface area contributed by atoms with Gasteiger partial charge in [0.05, 0.1) is 16.9 Å². The third-order valence-corrected chi connectivity index (χ3v) is 3.93. The van der Waals surface area contributed by atoms with Gasteiger partial charge >= 0.3 is 5.97 Å². The molecule has 2 rings (SSSR count). The molecule has 2 atom stereocenters. The van der Waals surface area contributed by atoms with Crippen LogP contribution in [0.3, 0.4) is 0 Å². The summed E-state index contributed by atoms with van der Waals surface area (Å²) < 4.78 is 0. The van der Waals surface area contributed by atoms with Gasteiger partial charge in [-0.15, -0.1) is 0 Å². The lowest BCUT2D eigenvalue weighted by atomic mass is 10.0. The van der Waals surface area contributed by atoms with E-state index in [9.17, 15) is 9.90 Å². The second-order valence-corrected chi connectivity index (χ2v) is 5.53. The van der Waals surface area contributed by atoms with Gasteiger partial charge in [-0.3, -0.25) is 0 Å². The first-order valence-electron chi connectivity index (χ1n) is 6.96. The van der Waals surface area contributed by atoms with Gasteiger partial charge in [0.15, 0.2) is 0 Å². The minimum absolute atomic E-state index is 0.261. The Balaban J connectivity index is 2.16. The van der Waals surface area contributed by atoms with E-state index in [4.69, 9.17) is 5.73 Å². The summed E-state index contributed by atoms with van der Waals surface area (Å²) in [5.41, 5.74) is 7.27. The number of carbonyl (C=O) groups is 1. The molecule has 1 aliphatic rings. The Labute approximate surface area is 114 Å². The maximum Gasteiger partial charge on any atom is 0.337 e. The van der Waals surface area contributed by atoms with Crippen LogP contribution in [0, 0.1) is 5.92 Å². The van der Waals surface area contributed by atoms with Crippen LogP contribution < -0.4 is 11.1 Å². The van der Waals surface area contributed by atoms with E-state index in [2.05, 4.69) is 12.2 Å². The van der Waals surface area contributed by atoms with Gasteiger partial charge in [0, 0.05) is 6.04 Å². The fraction of sp³-hybridized carbons (Fsp3) is 0.533. The van der Waals surface area contributed by atoms with Crippen LogP contribution in [0.4, 0.5) is 11.4 Å². The third-order valence-electron chi connectivity index (χ3n) is 3.93. The first kappa shape index (κ1) is 13.7. The highest BCUT2D eigenvalue weighted by Gasteiger charge is 2.19. The molecule has 0 radical (unpaired) electrons. The molecule has 0 spiro atoms. The van der Waals surface area contributed by atoms with Crippen molar-refractivity contribution < 1.29 is 9.90 Å². The van der Waals surface area contributed by atoms with Crippen molar-refractivity contribution in [3.05, 3.63) is 23.8 Å². The second kappa shape index (κ2) is 5.95. The maximum atomic E-state index is 11.2. The predicted molar refractivity (Wildman–Crippen MR) is 77.5 cm³/mol. The van der Waals surface area contributed by atoms with Crippen molar-refractivity contribution in [2.75, 3.05) is 11.1 Å². The topological polar surface area (TPSA) is 75.3 Å². The Morgan fingerprint density at radius 3 is 2.84 bits per heavy atom. The SMILES string of the molecule is CC1CCCC(Nc2c(N)cccc2C(=O)O)CC1. The van der Waals surface area contributed by atoms with E-state index in [1.165, 1.54) is 19.3 Å². The van der Waals surface area contributed by atoms with Crippen LogP contribution in [-0.2, 0) is 0 Å². The Kier molecular flexibility index (Phi) is 4.30. The van der Waals surface area contributed by atoms with Gasteiger partial charge in [0.1, 0.15) is 0 Å². The number of nitrogens with two attached hydrogens (primary N) is 1. The van der Waals surface area contributed by atoms with Gasteiger partial charge in [0.2, 0.25) is 0 Å². The number of rotatable bonds is 3. The van der Waals surface area contributed by atoms with Crippen molar-refractivity contribution in [2.24, 2.45) is 5.92 Å². The summed E-state index contributed by atoms with van der Waals surface area (Å²) in [7, 11) is 0. The zero-order valence-electron chi connectivity index (χ0n) is 11.4. The molecule has 4 heteroatoms. The lowest BCUT2D eigenvalue weighted by Gasteiger charge is -2.20. The summed E-state index contributed by atoms with van der Waals surface area (Å²) in [5.74, 6) is -0.171. The van der Waals surface area contributed by atoms with Crippen LogP contribution in [0.25, 0.3) is 0 Å². The normalized spacial score (nSPS) is 23.6. The molecule has 1 aromatic carbocycles. The van der Waals surface area contributed by atoms with Crippen LogP contribution >= 0.6 is 0 Å². The molecule has 0 aromatic heterocycles. The first-order chi connectivity index (χ1) is 9.08. The van der Waals surface area contributed by atoms with Crippen molar-refractivity contribution in [2.45, 2.75) is 45.1 Å². The average molecular weight is 262 g/mol. The van der Waals surface area contributed by atoms with Crippen LogP contribution in [0.5, 0.6) is 0 Å². The highest BCUT2D eigenvalue weighted by atomic mass is 16.4. The van der Waals surface area contributed by atoms with Gasteiger partial charge in [-0.05, 0) is 37.3 Å². The molecule has 4 nitrogen and oxygen atoms in total. The molecule has 1 saturated carbocycles. The van der Waals surface area contributed by atoms with Crippen LogP contribution in [0.1, 0.15) is 49.4 Å².